The van der Waals surface area contributed by atoms with E-state index in [0.29, 0.717) is 99.7 Å². The first-order valence-corrected chi connectivity index (χ1v) is 43.0. The predicted octanol–water partition coefficient (Wildman–Crippen LogP) is 8.26. The predicted molar refractivity (Wildman–Crippen MR) is 445 cm³/mol. The van der Waals surface area contributed by atoms with Gasteiger partial charge in [-0.2, -0.15) is 0 Å². The van der Waals surface area contributed by atoms with Crippen LogP contribution in [-0.4, -0.2) is 234 Å². The van der Waals surface area contributed by atoms with E-state index in [4.69, 9.17) is 41.4 Å². The van der Waals surface area contributed by atoms with Gasteiger partial charge in [-0.15, -0.1) is 6.58 Å². The van der Waals surface area contributed by atoms with Crippen molar-refractivity contribution in [3.63, 3.8) is 0 Å². The minimum absolute atomic E-state index is 0.0185. The number of halogens is 1. The highest BCUT2D eigenvalue weighted by atomic mass is 35.5. The van der Waals surface area contributed by atoms with E-state index >= 15 is 0 Å². The molecule has 4 aromatic carbocycles. The summed E-state index contributed by atoms with van der Waals surface area (Å²) in [5, 5.41) is 41.5. The zero-order chi connectivity index (χ0) is 87.9. The Bertz CT molecular complexity index is 4150. The van der Waals surface area contributed by atoms with Gasteiger partial charge < -0.3 is 86.2 Å². The van der Waals surface area contributed by atoms with Gasteiger partial charge in [-0.05, 0) is 171 Å². The second-order valence-electron chi connectivity index (χ2n) is 31.7. The van der Waals surface area contributed by atoms with Gasteiger partial charge in [0.15, 0.2) is 0 Å². The third-order valence-electron chi connectivity index (χ3n) is 23.4. The van der Waals surface area contributed by atoms with Gasteiger partial charge in [0.2, 0.25) is 48.0 Å². The zero-order valence-corrected chi connectivity index (χ0v) is 69.9. The number of carboxylic acids is 3. The fraction of sp³-hybridized carbons (Fsp3) is 0.539. The third kappa shape index (κ3) is 26.5. The molecule has 0 saturated carbocycles. The molecule has 2 unspecified atom stereocenters. The topological polar surface area (TPSA) is 453 Å². The molecule has 660 valence electrons. The number of fused-ring (bicyclic) bond motifs is 4. The van der Waals surface area contributed by atoms with Gasteiger partial charge >= 0.3 is 29.8 Å². The first-order valence-electron chi connectivity index (χ1n) is 42.6. The number of ether oxygens (including phenoxy) is 4. The molecule has 0 bridgehead atoms. The average Bonchev–Trinajstić information content (AvgIpc) is 1.79. The molecule has 9 amide bonds. The number of hydrogen-bond donors (Lipinski definition) is 9. The SMILES string of the molecule is C=CCCC(=O)N[C@H]1CC(=O)OC1OCC.CCOC1OC(=O)C[C@@H]1NC(=O)[C@@H]1CC[C@@H]2CCCC[C@H](NC(=O)c3ccccc3)C(=O)N21.N[C@H]1CCCC[C@H]2CC[C@@H](C(=O)O)N2C1=O.O=C(Cl)c1ccccc1.O=C(N[C@H]1CCCC[C@H]2CC[C@@H](C(=O)O)N2C1=O)c1ccccc1.O=C(N[C@H]1CCCC[C@H]2CC[C@@H](C(=O)O)N2C1=O)c1ccccc1. The minimum atomic E-state index is -0.959. The van der Waals surface area contributed by atoms with Gasteiger partial charge in [0, 0.05) is 66.1 Å². The molecule has 122 heavy (non-hydrogen) atoms. The molecule has 0 aliphatic carbocycles. The van der Waals surface area contributed by atoms with Crippen LogP contribution in [-0.2, 0) is 71.7 Å². The van der Waals surface area contributed by atoms with Crippen molar-refractivity contribution in [2.24, 2.45) is 5.73 Å². The number of amides is 9. The van der Waals surface area contributed by atoms with Crippen molar-refractivity contribution in [3.05, 3.63) is 156 Å². The molecule has 0 aromatic heterocycles. The van der Waals surface area contributed by atoms with Crippen LogP contribution in [0.3, 0.4) is 0 Å². The van der Waals surface area contributed by atoms with Crippen LogP contribution in [0, 0.1) is 0 Å². The Morgan fingerprint density at radius 2 is 0.721 bits per heavy atom. The van der Waals surface area contributed by atoms with Crippen LogP contribution in [0.15, 0.2) is 134 Å². The Balaban J connectivity index is 0.000000172. The Hall–Kier alpha value is -11.0. The number of benzene rings is 4. The lowest BCUT2D eigenvalue weighted by molar-refractivity contribution is -0.165. The number of cyclic esters (lactones) is 2. The maximum atomic E-state index is 13.5. The molecule has 10 saturated heterocycles. The number of carbonyl (C=O) groups excluding carboxylic acids is 12. The van der Waals surface area contributed by atoms with Crippen molar-refractivity contribution in [2.75, 3.05) is 13.2 Å². The number of esters is 2. The van der Waals surface area contributed by atoms with Gasteiger partial charge in [0.05, 0.1) is 18.9 Å². The Labute approximate surface area is 714 Å². The van der Waals surface area contributed by atoms with Crippen LogP contribution in [0.25, 0.3) is 0 Å². The molecule has 10 aliphatic heterocycles. The van der Waals surface area contributed by atoms with Crippen LogP contribution in [0.2, 0.25) is 0 Å². The molecule has 16 atom stereocenters. The Kier molecular flexibility index (Phi) is 36.9. The molecule has 10 aliphatic rings. The van der Waals surface area contributed by atoms with Crippen molar-refractivity contribution in [1.29, 1.82) is 0 Å². The molecule has 14 rings (SSSR count). The van der Waals surface area contributed by atoms with Gasteiger partial charge in [0.25, 0.3) is 23.0 Å². The van der Waals surface area contributed by atoms with Crippen molar-refractivity contribution in [1.82, 2.24) is 46.2 Å². The van der Waals surface area contributed by atoms with Crippen LogP contribution in [0.1, 0.15) is 235 Å². The van der Waals surface area contributed by atoms with Crippen molar-refractivity contribution >= 4 is 99.9 Å². The van der Waals surface area contributed by atoms with Crippen LogP contribution < -0.4 is 32.3 Å². The molecule has 33 heteroatoms. The largest absolute Gasteiger partial charge is 0.480 e. The van der Waals surface area contributed by atoms with E-state index in [1.54, 1.807) is 115 Å². The van der Waals surface area contributed by atoms with E-state index in [2.05, 4.69) is 33.2 Å². The minimum Gasteiger partial charge on any atom is -0.480 e. The summed E-state index contributed by atoms with van der Waals surface area (Å²) in [6.07, 6.45) is 19.6. The molecule has 10 N–H and O–H groups in total. The summed E-state index contributed by atoms with van der Waals surface area (Å²) in [6, 6.07) is 28.8. The highest BCUT2D eigenvalue weighted by Crippen LogP contribution is 2.36. The number of carboxylic acid groups (broad SMARTS) is 3. The average molecular weight is 1710 g/mol. The van der Waals surface area contributed by atoms with Crippen molar-refractivity contribution in [2.45, 2.75) is 291 Å². The van der Waals surface area contributed by atoms with E-state index < -0.39 is 96.1 Å². The first kappa shape index (κ1) is 94.9. The van der Waals surface area contributed by atoms with E-state index in [1.807, 2.05) is 31.2 Å². The lowest BCUT2D eigenvalue weighted by Gasteiger charge is -2.35. The second kappa shape index (κ2) is 47.5. The lowest BCUT2D eigenvalue weighted by atomic mass is 9.98. The van der Waals surface area contributed by atoms with E-state index in [1.165, 1.54) is 14.7 Å². The summed E-state index contributed by atoms with van der Waals surface area (Å²) >= 11 is 5.16. The van der Waals surface area contributed by atoms with Crippen molar-refractivity contribution < 1.29 is 106 Å². The fourth-order valence-corrected chi connectivity index (χ4v) is 17.5. The summed E-state index contributed by atoms with van der Waals surface area (Å²) < 4.78 is 20.7. The van der Waals surface area contributed by atoms with Crippen LogP contribution in [0.5, 0.6) is 0 Å². The number of aliphatic carboxylic acids is 3. The maximum Gasteiger partial charge on any atom is 0.326 e. The number of nitrogens with one attached hydrogen (secondary N) is 5. The number of hydrogen-bond acceptors (Lipinski definition) is 20. The molecule has 32 nitrogen and oxygen atoms in total. The summed E-state index contributed by atoms with van der Waals surface area (Å²) in [4.78, 5) is 187. The number of allylic oxidation sites excluding steroid dienone is 1. The number of carbonyl (C=O) groups is 15. The lowest BCUT2D eigenvalue weighted by Crippen LogP contribution is -2.57. The highest BCUT2D eigenvalue weighted by molar-refractivity contribution is 6.67. The van der Waals surface area contributed by atoms with Gasteiger partial charge in [-0.3, -0.25) is 57.5 Å². The monoisotopic (exact) mass is 1710 g/mol. The highest BCUT2D eigenvalue weighted by Gasteiger charge is 2.49. The van der Waals surface area contributed by atoms with Crippen molar-refractivity contribution in [3.8, 4) is 0 Å². The molecular formula is C89H115ClN10O22. The molecule has 10 fully saturated rings. The van der Waals surface area contributed by atoms with Gasteiger partial charge in [-0.1, -0.05) is 142 Å². The van der Waals surface area contributed by atoms with Crippen LogP contribution >= 0.6 is 11.6 Å². The Morgan fingerprint density at radius 3 is 1.04 bits per heavy atom. The van der Waals surface area contributed by atoms with E-state index in [-0.39, 0.29) is 102 Å². The zero-order valence-electron chi connectivity index (χ0n) is 69.1. The quantitative estimate of drug-likeness (QED) is 0.0228. The molecule has 4 aromatic rings. The maximum absolute atomic E-state index is 13.5. The molecule has 0 radical (unpaired) electrons. The smallest absolute Gasteiger partial charge is 0.326 e. The second-order valence-corrected chi connectivity index (χ2v) is 32.0. The fourth-order valence-electron chi connectivity index (χ4n) is 17.3. The summed E-state index contributed by atoms with van der Waals surface area (Å²) in [6.45, 7) is 7.92. The third-order valence-corrected chi connectivity index (χ3v) is 23.6. The molecular weight excluding hydrogens is 1600 g/mol. The van der Waals surface area contributed by atoms with E-state index in [0.717, 1.165) is 103 Å². The number of rotatable bonds is 20. The summed E-state index contributed by atoms with van der Waals surface area (Å²) in [7, 11) is 0. The molecule has 0 spiro atoms. The van der Waals surface area contributed by atoms with Gasteiger partial charge in [-0.25, -0.2) is 14.4 Å². The number of nitrogens with two attached hydrogens (primary N) is 1. The normalized spacial score (nSPS) is 27.1. The Morgan fingerprint density at radius 1 is 0.418 bits per heavy atom. The summed E-state index contributed by atoms with van der Waals surface area (Å²) in [5.74, 6) is -5.80. The first-order chi connectivity index (χ1) is 58.7. The summed E-state index contributed by atoms with van der Waals surface area (Å²) in [5.41, 5.74) is 7.82. The van der Waals surface area contributed by atoms with Crippen LogP contribution in [0.4, 0.5) is 0 Å². The van der Waals surface area contributed by atoms with E-state index in [9.17, 15) is 82.1 Å². The number of nitrogens with zero attached hydrogens (tertiary/aromatic N) is 4. The van der Waals surface area contributed by atoms with Gasteiger partial charge in [0.1, 0.15) is 54.4 Å². The standard InChI is InChI=1S/C24H31N3O6.2C18H22N2O4.C11H18N2O3.C11H17NO4.C7H5ClO/c1-2-32-24-18(14-20(28)33-24)26-22(30)19-13-12-16-10-6-7-11-17(23(31)27(16)19)25-21(29)15-8-4-3-5-9-15;2*21-16(12-6-2-1-3-7-12)19-14-9-5-4-8-13-10-11-15(18(23)24)20(13)17(14)22;12-8-4-2-1-3-7-5-6-9(11(15)16)13(7)10(8)14;1-3-5-6-9(13)12-8-7-10(14)16-11(8)15-4-2;8-7(9)6-4-2-1-3-5-6/h3-5,8-9,16-19,24H,2,6-7,10-14H2,1H3,(H,25,29)(H,26,30);2*1-3,6-7,13-15H,4-5,8-11H2,(H,19,21)(H,23,24);7-9H,1-6,12H2,(H,15,16);3,8,11H,1,4-7H2,2H3,(H,12,13);1-5H/t16-,17-,18-,19-,24?;2*13-,14-,15-;7-,8-,9-;8-,11?;/m00000./s1. The molecule has 10 heterocycles.